The first-order chi connectivity index (χ1) is 25.6. The number of ether oxygens (including phenoxy) is 1. The van der Waals surface area contributed by atoms with Crippen LogP contribution in [0.25, 0.3) is 10.8 Å². The van der Waals surface area contributed by atoms with E-state index in [2.05, 4.69) is 20.5 Å². The van der Waals surface area contributed by atoms with Crippen LogP contribution in [0, 0.1) is 17.8 Å². The molecule has 292 valence electrons. The minimum absolute atomic E-state index is 0.0561. The molecule has 1 saturated heterocycles. The van der Waals surface area contributed by atoms with E-state index in [4.69, 9.17) is 4.74 Å². The highest BCUT2D eigenvalue weighted by Gasteiger charge is 2.62. The Labute approximate surface area is 314 Å². The maximum Gasteiger partial charge on any atom is 0.311 e. The van der Waals surface area contributed by atoms with Gasteiger partial charge in [-0.05, 0) is 69.4 Å². The van der Waals surface area contributed by atoms with Gasteiger partial charge in [-0.2, -0.15) is 0 Å². The molecule has 3 N–H and O–H groups in total. The Balaban J connectivity index is 1.37. The molecule has 5 amide bonds. The number of amides is 5. The van der Waals surface area contributed by atoms with E-state index in [1.165, 1.54) is 23.7 Å². The summed E-state index contributed by atoms with van der Waals surface area (Å²) in [5, 5.41) is 10.1. The van der Waals surface area contributed by atoms with Gasteiger partial charge in [0.1, 0.15) is 23.7 Å². The fourth-order valence-corrected chi connectivity index (χ4v) is 8.93. The van der Waals surface area contributed by atoms with E-state index in [-0.39, 0.29) is 43.3 Å². The zero-order valence-corrected chi connectivity index (χ0v) is 32.1. The summed E-state index contributed by atoms with van der Waals surface area (Å²) in [6.07, 6.45) is 5.76. The first-order valence-electron chi connectivity index (χ1n) is 18.6. The van der Waals surface area contributed by atoms with Crippen LogP contribution in [0.3, 0.4) is 0 Å². The molecular weight excluding hydrogens is 719 g/mol. The highest BCUT2D eigenvalue weighted by atomic mass is 32.2. The highest BCUT2D eigenvalue weighted by molar-refractivity contribution is 7.91. The number of aromatic nitrogens is 2. The minimum Gasteiger partial charge on any atom is -0.471 e. The maximum absolute atomic E-state index is 14.7. The Bertz CT molecular complexity index is 2050. The number of hydrogen-bond donors (Lipinski definition) is 3. The van der Waals surface area contributed by atoms with Crippen LogP contribution < -0.4 is 25.7 Å². The fourth-order valence-electron chi connectivity index (χ4n) is 7.57. The van der Waals surface area contributed by atoms with Crippen molar-refractivity contribution >= 4 is 50.3 Å². The molecule has 2 aromatic rings. The molecule has 3 heterocycles. The Morgan fingerprint density at radius 1 is 1.06 bits per heavy atom. The van der Waals surface area contributed by atoms with E-state index in [1.54, 1.807) is 31.2 Å². The number of hydrogen-bond acceptors (Lipinski definition) is 10. The van der Waals surface area contributed by atoms with Crippen LogP contribution in [0.2, 0.25) is 0 Å². The van der Waals surface area contributed by atoms with Gasteiger partial charge in [-0.3, -0.25) is 33.5 Å². The number of nitrogens with zero attached hydrogens (tertiary/aromatic N) is 4. The monoisotopic (exact) mass is 767 g/mol. The molecule has 16 nitrogen and oxygen atoms in total. The average molecular weight is 768 g/mol. The van der Waals surface area contributed by atoms with Gasteiger partial charge in [-0.25, -0.2) is 13.1 Å². The molecule has 2 aliphatic heterocycles. The molecule has 54 heavy (non-hydrogen) atoms. The first kappa shape index (κ1) is 38.9. The van der Waals surface area contributed by atoms with Gasteiger partial charge in [0.15, 0.2) is 0 Å². The number of allylic oxidation sites excluding steroid dienone is 1. The number of benzene rings is 1. The molecule has 0 unspecified atom stereocenters. The van der Waals surface area contributed by atoms with Crippen molar-refractivity contribution in [1.82, 2.24) is 34.9 Å². The number of nitrogens with one attached hydrogen (secondary N) is 3. The van der Waals surface area contributed by atoms with Crippen LogP contribution in [0.15, 0.2) is 41.2 Å². The van der Waals surface area contributed by atoms with E-state index in [9.17, 15) is 37.2 Å². The predicted molar refractivity (Wildman–Crippen MR) is 197 cm³/mol. The first-order valence-corrected chi connectivity index (χ1v) is 20.1. The van der Waals surface area contributed by atoms with Crippen molar-refractivity contribution in [2.45, 2.75) is 101 Å². The third-order valence-electron chi connectivity index (χ3n) is 10.9. The molecular formula is C37H49N7O9S. The SMILES string of the molecule is CCn1nc(O[C@@H]2C[C@H]3C(=O)N[C@]4(C(=O)NS(=O)(=O)C5CC5)C[C@H]4/C=C\CC[C@H](C)C[C@@H](C)[C@H](NC(=O)C(=O)N(C)C)C(=O)N3C2)c2ccccc2c1=O. The average Bonchev–Trinajstić information content (AvgIpc) is 4.06. The zero-order chi connectivity index (χ0) is 39.1. The Morgan fingerprint density at radius 2 is 1.76 bits per heavy atom. The molecule has 1 aromatic heterocycles. The van der Waals surface area contributed by atoms with E-state index < -0.39 is 80.4 Å². The fraction of sp³-hybridized carbons (Fsp3) is 0.595. The van der Waals surface area contributed by atoms with E-state index in [0.717, 1.165) is 4.90 Å². The summed E-state index contributed by atoms with van der Waals surface area (Å²) in [6, 6.07) is 4.39. The lowest BCUT2D eigenvalue weighted by atomic mass is 9.87. The summed E-state index contributed by atoms with van der Waals surface area (Å²) in [7, 11) is -1.08. The van der Waals surface area contributed by atoms with Gasteiger partial charge in [-0.15, -0.1) is 5.10 Å². The van der Waals surface area contributed by atoms with E-state index >= 15 is 0 Å². The van der Waals surface area contributed by atoms with Gasteiger partial charge < -0.3 is 25.2 Å². The van der Waals surface area contributed by atoms with Crippen LogP contribution in [-0.2, 0) is 40.5 Å². The number of rotatable bonds is 7. The number of fused-ring (bicyclic) bond motifs is 3. The van der Waals surface area contributed by atoms with Crippen LogP contribution >= 0.6 is 0 Å². The molecule has 7 atom stereocenters. The summed E-state index contributed by atoms with van der Waals surface area (Å²) in [5.74, 6) is -4.71. The summed E-state index contributed by atoms with van der Waals surface area (Å²) >= 11 is 0. The lowest BCUT2D eigenvalue weighted by Crippen LogP contribution is -2.59. The molecule has 6 rings (SSSR count). The van der Waals surface area contributed by atoms with Gasteiger partial charge in [0.2, 0.25) is 27.7 Å². The largest absolute Gasteiger partial charge is 0.471 e. The normalized spacial score (nSPS) is 29.5. The third kappa shape index (κ3) is 7.86. The number of carbonyl (C=O) groups excluding carboxylic acids is 5. The van der Waals surface area contributed by atoms with Crippen molar-refractivity contribution in [1.29, 1.82) is 0 Å². The zero-order valence-electron chi connectivity index (χ0n) is 31.2. The van der Waals surface area contributed by atoms with Gasteiger partial charge in [0.25, 0.3) is 11.5 Å². The van der Waals surface area contributed by atoms with Crippen molar-refractivity contribution in [2.75, 3.05) is 20.6 Å². The summed E-state index contributed by atoms with van der Waals surface area (Å²) in [6.45, 7) is 5.73. The molecule has 0 spiro atoms. The maximum atomic E-state index is 14.7. The van der Waals surface area contributed by atoms with E-state index in [1.807, 2.05) is 26.0 Å². The smallest absolute Gasteiger partial charge is 0.311 e. The van der Waals surface area contributed by atoms with Gasteiger partial charge >= 0.3 is 11.8 Å². The van der Waals surface area contributed by atoms with Crippen LogP contribution in [0.1, 0.15) is 65.7 Å². The Morgan fingerprint density at radius 3 is 2.43 bits per heavy atom. The minimum atomic E-state index is -3.93. The summed E-state index contributed by atoms with van der Waals surface area (Å²) in [5.41, 5.74) is -1.87. The van der Waals surface area contributed by atoms with Crippen molar-refractivity contribution in [3.8, 4) is 5.88 Å². The third-order valence-corrected chi connectivity index (χ3v) is 12.7. The van der Waals surface area contributed by atoms with Crippen molar-refractivity contribution < 1.29 is 37.1 Å². The lowest BCUT2D eigenvalue weighted by Gasteiger charge is -2.33. The second-order valence-electron chi connectivity index (χ2n) is 15.4. The topological polar surface area (TPSA) is 206 Å². The second kappa shape index (κ2) is 15.1. The molecule has 0 bridgehead atoms. The highest BCUT2D eigenvalue weighted by Crippen LogP contribution is 2.46. The number of likely N-dealkylation sites (N-methyl/N-ethyl adjacent to an activating group) is 1. The van der Waals surface area contributed by atoms with Crippen molar-refractivity contribution in [2.24, 2.45) is 17.8 Å². The lowest BCUT2D eigenvalue weighted by molar-refractivity contribution is -0.148. The predicted octanol–water partition coefficient (Wildman–Crippen LogP) is 0.833. The summed E-state index contributed by atoms with van der Waals surface area (Å²) in [4.78, 5) is 84.1. The standard InChI is InChI=1S/C37H49N7O9S/c1-6-44-33(47)27-14-10-9-13-26(27)32(40-44)53-24-18-28-30(45)39-37(36(50)41-54(51,52)25-15-16-25)19-23(37)12-8-7-11-21(2)17-22(3)29(34(48)43(28)20-24)38-31(46)35(49)42(4)5/h8-10,12-14,21-25,28-29H,6-7,11,15-20H2,1-5H3,(H,38,46)(H,39,45)(H,41,50)/b12-8-/t21-,22+,23+,24+,28-,29-,37+/m0/s1. The van der Waals surface area contributed by atoms with E-state index in [0.29, 0.717) is 42.9 Å². The Kier molecular flexibility index (Phi) is 10.9. The summed E-state index contributed by atoms with van der Waals surface area (Å²) < 4.78 is 35.6. The molecule has 3 fully saturated rings. The number of carbonyl (C=O) groups is 5. The van der Waals surface area contributed by atoms with Gasteiger partial charge in [0.05, 0.1) is 22.6 Å². The van der Waals surface area contributed by atoms with Crippen molar-refractivity contribution in [3.63, 3.8) is 0 Å². The van der Waals surface area contributed by atoms with Crippen LogP contribution in [0.4, 0.5) is 0 Å². The molecule has 1 aromatic carbocycles. The molecule has 2 aliphatic carbocycles. The number of sulfonamides is 1. The molecule has 4 aliphatic rings. The van der Waals surface area contributed by atoms with Crippen molar-refractivity contribution in [3.05, 3.63) is 46.8 Å². The Hall–Kier alpha value is -4.80. The quantitative estimate of drug-likeness (QED) is 0.267. The van der Waals surface area contributed by atoms with Gasteiger partial charge in [-0.1, -0.05) is 38.1 Å². The molecule has 17 heteroatoms. The second-order valence-corrected chi connectivity index (χ2v) is 17.3. The number of aryl methyl sites for hydroxylation is 1. The van der Waals surface area contributed by atoms with Crippen LogP contribution in [0.5, 0.6) is 5.88 Å². The molecule has 0 radical (unpaired) electrons. The van der Waals surface area contributed by atoms with Gasteiger partial charge in [0, 0.05) is 33.0 Å². The van der Waals surface area contributed by atoms with Crippen LogP contribution in [-0.4, -0.2) is 107 Å². The molecule has 2 saturated carbocycles.